The number of pyridine rings is 1. The Morgan fingerprint density at radius 1 is 1.11 bits per heavy atom. The van der Waals surface area contributed by atoms with E-state index in [1.165, 1.54) is 16.8 Å². The summed E-state index contributed by atoms with van der Waals surface area (Å²) in [6.07, 6.45) is 1.48. The van der Waals surface area contributed by atoms with Crippen molar-refractivity contribution in [2.45, 2.75) is 6.54 Å². The van der Waals surface area contributed by atoms with E-state index in [9.17, 15) is 9.59 Å². The molecule has 0 aliphatic carbocycles. The summed E-state index contributed by atoms with van der Waals surface area (Å²) < 4.78 is 6.48. The molecule has 5 nitrogen and oxygen atoms in total. The number of methoxy groups -OCH3 is 1. The van der Waals surface area contributed by atoms with E-state index in [0.717, 1.165) is 5.56 Å². The summed E-state index contributed by atoms with van der Waals surface area (Å²) in [6.45, 7) is 0.253. The molecule has 1 amide bonds. The number of nitrogens with one attached hydrogen (secondary N) is 1. The fourth-order valence-electron chi connectivity index (χ4n) is 2.55. The van der Waals surface area contributed by atoms with E-state index in [-0.39, 0.29) is 28.6 Å². The van der Waals surface area contributed by atoms with Gasteiger partial charge in [0, 0.05) is 16.9 Å². The highest BCUT2D eigenvalue weighted by Crippen LogP contribution is 2.17. The minimum absolute atomic E-state index is 0.0283. The summed E-state index contributed by atoms with van der Waals surface area (Å²) in [5, 5.41) is 3.31. The van der Waals surface area contributed by atoms with Crippen molar-refractivity contribution < 1.29 is 9.53 Å². The van der Waals surface area contributed by atoms with Crippen molar-refractivity contribution in [1.29, 1.82) is 0 Å². The molecule has 2 aromatic carbocycles. The van der Waals surface area contributed by atoms with Gasteiger partial charge in [0.1, 0.15) is 10.8 Å². The fourth-order valence-corrected chi connectivity index (χ4v) is 2.99. The molecule has 138 valence electrons. The number of amides is 1. The monoisotopic (exact) mass is 402 g/mol. The molecular formula is C20H16Cl2N2O3. The summed E-state index contributed by atoms with van der Waals surface area (Å²) in [7, 11) is 1.57. The molecule has 0 atom stereocenters. The van der Waals surface area contributed by atoms with Crippen molar-refractivity contribution in [1.82, 2.24) is 4.57 Å². The molecule has 0 unspecified atom stereocenters. The van der Waals surface area contributed by atoms with Crippen LogP contribution in [0.4, 0.5) is 5.69 Å². The normalized spacial score (nSPS) is 10.5. The number of carbonyl (C=O) groups excluding carboxylic acids is 1. The third kappa shape index (κ3) is 4.70. The number of hydrogen-bond acceptors (Lipinski definition) is 3. The van der Waals surface area contributed by atoms with Gasteiger partial charge in [0.15, 0.2) is 0 Å². The zero-order chi connectivity index (χ0) is 19.4. The molecule has 1 aromatic heterocycles. The minimum atomic E-state index is -0.377. The number of nitrogens with zero attached hydrogens (tertiary/aromatic N) is 1. The Hall–Kier alpha value is -2.76. The first-order valence-electron chi connectivity index (χ1n) is 8.06. The van der Waals surface area contributed by atoms with Gasteiger partial charge in [-0.05, 0) is 48.0 Å². The zero-order valence-corrected chi connectivity index (χ0v) is 15.9. The van der Waals surface area contributed by atoms with Crippen molar-refractivity contribution in [3.8, 4) is 5.75 Å². The van der Waals surface area contributed by atoms with E-state index in [4.69, 9.17) is 27.9 Å². The first-order valence-corrected chi connectivity index (χ1v) is 8.81. The van der Waals surface area contributed by atoms with Gasteiger partial charge in [-0.2, -0.15) is 0 Å². The second kappa shape index (κ2) is 8.29. The lowest BCUT2D eigenvalue weighted by Crippen LogP contribution is -2.24. The van der Waals surface area contributed by atoms with Gasteiger partial charge >= 0.3 is 0 Å². The van der Waals surface area contributed by atoms with Gasteiger partial charge in [-0.3, -0.25) is 9.59 Å². The number of benzene rings is 2. The molecule has 27 heavy (non-hydrogen) atoms. The molecule has 0 saturated carbocycles. The number of ether oxygens (including phenoxy) is 1. The Morgan fingerprint density at radius 3 is 2.52 bits per heavy atom. The predicted molar refractivity (Wildman–Crippen MR) is 107 cm³/mol. The number of carbonyl (C=O) groups is 1. The Bertz CT molecular complexity index is 1030. The number of hydrogen-bond donors (Lipinski definition) is 1. The topological polar surface area (TPSA) is 60.3 Å². The highest BCUT2D eigenvalue weighted by Gasteiger charge is 2.12. The van der Waals surface area contributed by atoms with Gasteiger partial charge in [0.2, 0.25) is 0 Å². The lowest BCUT2D eigenvalue weighted by atomic mass is 10.2. The van der Waals surface area contributed by atoms with Gasteiger partial charge in [0.05, 0.1) is 19.2 Å². The average molecular weight is 403 g/mol. The second-order valence-electron chi connectivity index (χ2n) is 5.82. The predicted octanol–water partition coefficient (Wildman–Crippen LogP) is 4.46. The molecule has 3 rings (SSSR count). The fraction of sp³-hybridized carbons (Fsp3) is 0.100. The van der Waals surface area contributed by atoms with Crippen LogP contribution in [0.1, 0.15) is 15.9 Å². The minimum Gasteiger partial charge on any atom is -0.497 e. The van der Waals surface area contributed by atoms with Gasteiger partial charge in [-0.1, -0.05) is 35.3 Å². The molecule has 0 saturated heterocycles. The Morgan fingerprint density at radius 2 is 1.85 bits per heavy atom. The van der Waals surface area contributed by atoms with Crippen molar-refractivity contribution in [3.05, 3.63) is 92.3 Å². The first-order chi connectivity index (χ1) is 13.0. The molecular weight excluding hydrogens is 387 g/mol. The molecule has 0 bridgehead atoms. The number of aromatic nitrogens is 1. The third-order valence-corrected chi connectivity index (χ3v) is 4.40. The lowest BCUT2D eigenvalue weighted by molar-refractivity contribution is 0.102. The Kier molecular flexibility index (Phi) is 5.84. The van der Waals surface area contributed by atoms with Gasteiger partial charge < -0.3 is 14.6 Å². The van der Waals surface area contributed by atoms with Gasteiger partial charge in [-0.15, -0.1) is 0 Å². The molecule has 0 aliphatic heterocycles. The number of anilines is 1. The molecule has 1 N–H and O–H groups in total. The largest absolute Gasteiger partial charge is 0.497 e. The van der Waals surface area contributed by atoms with Crippen molar-refractivity contribution in [2.24, 2.45) is 0 Å². The maximum atomic E-state index is 12.6. The van der Waals surface area contributed by atoms with Crippen LogP contribution in [-0.4, -0.2) is 17.6 Å². The highest BCUT2D eigenvalue weighted by molar-refractivity contribution is 6.31. The van der Waals surface area contributed by atoms with E-state index < -0.39 is 0 Å². The van der Waals surface area contributed by atoms with Crippen LogP contribution in [0.2, 0.25) is 10.0 Å². The molecule has 1 heterocycles. The maximum Gasteiger partial charge on any atom is 0.269 e. The van der Waals surface area contributed by atoms with E-state index in [1.54, 1.807) is 49.6 Å². The summed E-state index contributed by atoms with van der Waals surface area (Å²) in [6, 6.07) is 15.4. The van der Waals surface area contributed by atoms with Crippen LogP contribution < -0.4 is 15.6 Å². The second-order valence-corrected chi connectivity index (χ2v) is 6.67. The standard InChI is InChI=1S/C20H16Cl2N2O3/c1-27-17-7-5-16(6-8-17)23-19(25)14-10-18(22)20(26)24(12-14)11-13-3-2-4-15(21)9-13/h2-10,12H,11H2,1H3,(H,23,25). The maximum absolute atomic E-state index is 12.6. The van der Waals surface area contributed by atoms with Crippen molar-refractivity contribution in [2.75, 3.05) is 12.4 Å². The van der Waals surface area contributed by atoms with Gasteiger partial charge in [-0.25, -0.2) is 0 Å². The molecule has 3 aromatic rings. The van der Waals surface area contributed by atoms with Crippen LogP contribution >= 0.6 is 23.2 Å². The Balaban J connectivity index is 1.85. The van der Waals surface area contributed by atoms with Crippen molar-refractivity contribution >= 4 is 34.8 Å². The SMILES string of the molecule is COc1ccc(NC(=O)c2cc(Cl)c(=O)n(Cc3cccc(Cl)c3)c2)cc1. The van der Waals surface area contributed by atoms with Crippen molar-refractivity contribution in [3.63, 3.8) is 0 Å². The Labute approximate surface area is 166 Å². The number of halogens is 2. The molecule has 0 fully saturated rings. The summed E-state index contributed by atoms with van der Waals surface area (Å²) in [5.74, 6) is 0.313. The average Bonchev–Trinajstić information content (AvgIpc) is 2.66. The first kappa shape index (κ1) is 19.0. The molecule has 0 aliphatic rings. The highest BCUT2D eigenvalue weighted by atomic mass is 35.5. The van der Waals surface area contributed by atoms with E-state index in [2.05, 4.69) is 5.32 Å². The van der Waals surface area contributed by atoms with Crippen LogP contribution in [0, 0.1) is 0 Å². The van der Waals surface area contributed by atoms with E-state index in [1.807, 2.05) is 6.07 Å². The summed E-state index contributed by atoms with van der Waals surface area (Å²) in [4.78, 5) is 24.9. The van der Waals surface area contributed by atoms with E-state index in [0.29, 0.717) is 16.5 Å². The summed E-state index contributed by atoms with van der Waals surface area (Å²) >= 11 is 12.0. The van der Waals surface area contributed by atoms with Gasteiger partial charge in [0.25, 0.3) is 11.5 Å². The van der Waals surface area contributed by atoms with Crippen LogP contribution in [0.5, 0.6) is 5.75 Å². The van der Waals surface area contributed by atoms with Crippen LogP contribution in [0.3, 0.4) is 0 Å². The third-order valence-electron chi connectivity index (χ3n) is 3.89. The smallest absolute Gasteiger partial charge is 0.269 e. The molecule has 0 radical (unpaired) electrons. The number of rotatable bonds is 5. The quantitative estimate of drug-likeness (QED) is 0.684. The lowest BCUT2D eigenvalue weighted by Gasteiger charge is -2.11. The molecule has 0 spiro atoms. The van der Waals surface area contributed by atoms with E-state index >= 15 is 0 Å². The molecule has 7 heteroatoms. The van der Waals surface area contributed by atoms with Crippen LogP contribution in [0.15, 0.2) is 65.6 Å². The van der Waals surface area contributed by atoms with Crippen LogP contribution in [0.25, 0.3) is 0 Å². The van der Waals surface area contributed by atoms with Crippen LogP contribution in [-0.2, 0) is 6.54 Å². The zero-order valence-electron chi connectivity index (χ0n) is 14.4. The summed E-state index contributed by atoms with van der Waals surface area (Å²) in [5.41, 5.74) is 1.33.